The van der Waals surface area contributed by atoms with Crippen LogP contribution in [0.4, 0.5) is 0 Å². The Kier molecular flexibility index (Phi) is 4.82. The fourth-order valence-electron chi connectivity index (χ4n) is 4.40. The molecule has 0 aliphatic heterocycles. The van der Waals surface area contributed by atoms with Gasteiger partial charge in [-0.3, -0.25) is 4.79 Å². The highest BCUT2D eigenvalue weighted by Crippen LogP contribution is 2.42. The number of nitrogens with zero attached hydrogens (tertiary/aromatic N) is 1. The molecular formula is C19H28N2O. The summed E-state index contributed by atoms with van der Waals surface area (Å²) in [4.78, 5) is 15.0. The minimum Gasteiger partial charge on any atom is -0.338 e. The molecule has 1 aromatic rings. The quantitative estimate of drug-likeness (QED) is 0.928. The van der Waals surface area contributed by atoms with Gasteiger partial charge in [0.2, 0.25) is 5.91 Å². The molecule has 2 atom stereocenters. The average molecular weight is 300 g/mol. The lowest BCUT2D eigenvalue weighted by molar-refractivity contribution is -0.139. The first kappa shape index (κ1) is 15.5. The topological polar surface area (TPSA) is 46.3 Å². The van der Waals surface area contributed by atoms with Crippen molar-refractivity contribution in [2.75, 3.05) is 6.54 Å². The molecule has 3 rings (SSSR count). The Bertz CT molecular complexity index is 487. The molecule has 1 aromatic carbocycles. The molecule has 0 aromatic heterocycles. The molecule has 2 unspecified atom stereocenters. The molecule has 2 fully saturated rings. The van der Waals surface area contributed by atoms with Crippen LogP contribution in [-0.2, 0) is 11.3 Å². The predicted octanol–water partition coefficient (Wildman–Crippen LogP) is 3.19. The SMILES string of the molecule is CCN(Cc1ccccc1)C(=O)C1CC2CCCC(C1)C2N. The molecule has 2 N–H and O–H groups in total. The molecule has 0 spiro atoms. The van der Waals surface area contributed by atoms with E-state index in [0.717, 1.165) is 25.9 Å². The van der Waals surface area contributed by atoms with Gasteiger partial charge >= 0.3 is 0 Å². The molecule has 3 heteroatoms. The van der Waals surface area contributed by atoms with Gasteiger partial charge in [-0.2, -0.15) is 0 Å². The second-order valence-electron chi connectivity index (χ2n) is 7.03. The highest BCUT2D eigenvalue weighted by molar-refractivity contribution is 5.79. The zero-order chi connectivity index (χ0) is 15.5. The van der Waals surface area contributed by atoms with Crippen molar-refractivity contribution in [3.63, 3.8) is 0 Å². The van der Waals surface area contributed by atoms with Gasteiger partial charge in [0.1, 0.15) is 0 Å². The lowest BCUT2D eigenvalue weighted by Gasteiger charge is -2.44. The Morgan fingerprint density at radius 3 is 2.41 bits per heavy atom. The molecule has 2 aliphatic carbocycles. The summed E-state index contributed by atoms with van der Waals surface area (Å²) in [6.45, 7) is 3.59. The lowest BCUT2D eigenvalue weighted by atomic mass is 9.65. The van der Waals surface area contributed by atoms with Gasteiger partial charge in [0.25, 0.3) is 0 Å². The highest BCUT2D eigenvalue weighted by Gasteiger charge is 2.41. The Labute approximate surface area is 133 Å². The number of carbonyl (C=O) groups is 1. The van der Waals surface area contributed by atoms with E-state index in [-0.39, 0.29) is 5.92 Å². The van der Waals surface area contributed by atoms with E-state index in [9.17, 15) is 4.79 Å². The van der Waals surface area contributed by atoms with E-state index in [1.54, 1.807) is 0 Å². The summed E-state index contributed by atoms with van der Waals surface area (Å²) < 4.78 is 0. The second kappa shape index (κ2) is 6.82. The Hall–Kier alpha value is -1.35. The van der Waals surface area contributed by atoms with Crippen LogP contribution in [0.15, 0.2) is 30.3 Å². The van der Waals surface area contributed by atoms with Crippen LogP contribution in [-0.4, -0.2) is 23.4 Å². The summed E-state index contributed by atoms with van der Waals surface area (Å²) in [6.07, 6.45) is 5.73. The molecule has 22 heavy (non-hydrogen) atoms. The second-order valence-corrected chi connectivity index (χ2v) is 7.03. The van der Waals surface area contributed by atoms with Crippen LogP contribution in [0.2, 0.25) is 0 Å². The zero-order valence-corrected chi connectivity index (χ0v) is 13.6. The lowest BCUT2D eigenvalue weighted by Crippen LogP contribution is -2.49. The third-order valence-corrected chi connectivity index (χ3v) is 5.67. The van der Waals surface area contributed by atoms with Crippen molar-refractivity contribution in [2.45, 2.75) is 51.6 Å². The molecule has 1 amide bonds. The summed E-state index contributed by atoms with van der Waals surface area (Å²) in [5, 5.41) is 0. The van der Waals surface area contributed by atoms with E-state index >= 15 is 0 Å². The van der Waals surface area contributed by atoms with Gasteiger partial charge in [0, 0.05) is 25.0 Å². The van der Waals surface area contributed by atoms with Crippen molar-refractivity contribution in [1.29, 1.82) is 0 Å². The molecule has 2 saturated carbocycles. The van der Waals surface area contributed by atoms with Crippen molar-refractivity contribution in [3.05, 3.63) is 35.9 Å². The zero-order valence-electron chi connectivity index (χ0n) is 13.6. The number of hydrogen-bond donors (Lipinski definition) is 1. The van der Waals surface area contributed by atoms with Crippen LogP contribution >= 0.6 is 0 Å². The number of carbonyl (C=O) groups excluding carboxylic acids is 1. The fourth-order valence-corrected chi connectivity index (χ4v) is 4.40. The van der Waals surface area contributed by atoms with Gasteiger partial charge in [0.05, 0.1) is 0 Å². The Balaban J connectivity index is 1.66. The molecule has 3 nitrogen and oxygen atoms in total. The summed E-state index contributed by atoms with van der Waals surface area (Å²) in [6, 6.07) is 10.6. The maximum absolute atomic E-state index is 13.0. The summed E-state index contributed by atoms with van der Waals surface area (Å²) in [5.41, 5.74) is 7.57. The molecule has 0 heterocycles. The van der Waals surface area contributed by atoms with Crippen molar-refractivity contribution >= 4 is 5.91 Å². The fraction of sp³-hybridized carbons (Fsp3) is 0.632. The Morgan fingerprint density at radius 1 is 1.18 bits per heavy atom. The number of rotatable bonds is 4. The van der Waals surface area contributed by atoms with E-state index in [4.69, 9.17) is 5.73 Å². The van der Waals surface area contributed by atoms with Gasteiger partial charge in [-0.05, 0) is 50.0 Å². The molecule has 2 bridgehead atoms. The van der Waals surface area contributed by atoms with E-state index in [1.807, 2.05) is 23.1 Å². The van der Waals surface area contributed by atoms with Gasteiger partial charge in [-0.15, -0.1) is 0 Å². The van der Waals surface area contributed by atoms with E-state index in [1.165, 1.54) is 24.8 Å². The van der Waals surface area contributed by atoms with Crippen LogP contribution < -0.4 is 5.73 Å². The highest BCUT2D eigenvalue weighted by atomic mass is 16.2. The number of amides is 1. The van der Waals surface area contributed by atoms with Gasteiger partial charge in [-0.1, -0.05) is 36.8 Å². The van der Waals surface area contributed by atoms with Crippen LogP contribution in [0.1, 0.15) is 44.6 Å². The van der Waals surface area contributed by atoms with Crippen molar-refractivity contribution in [2.24, 2.45) is 23.5 Å². The van der Waals surface area contributed by atoms with Crippen molar-refractivity contribution in [1.82, 2.24) is 4.90 Å². The standard InChI is InChI=1S/C19H28N2O/c1-2-21(13-14-7-4-3-5-8-14)19(22)17-11-15-9-6-10-16(12-17)18(15)20/h3-5,7-8,15-18H,2,6,9-13,20H2,1H3. The first-order valence-electron chi connectivity index (χ1n) is 8.77. The molecular weight excluding hydrogens is 272 g/mol. The van der Waals surface area contributed by atoms with Crippen LogP contribution in [0, 0.1) is 17.8 Å². The van der Waals surface area contributed by atoms with Gasteiger partial charge in [0.15, 0.2) is 0 Å². The molecule has 120 valence electrons. The molecule has 0 saturated heterocycles. The van der Waals surface area contributed by atoms with E-state index in [0.29, 0.717) is 23.8 Å². The largest absolute Gasteiger partial charge is 0.338 e. The third kappa shape index (κ3) is 3.19. The van der Waals surface area contributed by atoms with Crippen molar-refractivity contribution in [3.8, 4) is 0 Å². The van der Waals surface area contributed by atoms with Crippen LogP contribution in [0.3, 0.4) is 0 Å². The summed E-state index contributed by atoms with van der Waals surface area (Å²) >= 11 is 0. The minimum absolute atomic E-state index is 0.193. The minimum atomic E-state index is 0.193. The molecule has 2 aliphatic rings. The van der Waals surface area contributed by atoms with Crippen molar-refractivity contribution < 1.29 is 4.79 Å². The first-order chi connectivity index (χ1) is 10.7. The van der Waals surface area contributed by atoms with Crippen LogP contribution in [0.5, 0.6) is 0 Å². The number of nitrogens with two attached hydrogens (primary N) is 1. The number of benzene rings is 1. The normalized spacial score (nSPS) is 30.8. The number of fused-ring (bicyclic) bond motifs is 2. The van der Waals surface area contributed by atoms with E-state index in [2.05, 4.69) is 19.1 Å². The monoisotopic (exact) mass is 300 g/mol. The first-order valence-corrected chi connectivity index (χ1v) is 8.77. The average Bonchev–Trinajstić information content (AvgIpc) is 2.53. The Morgan fingerprint density at radius 2 is 1.82 bits per heavy atom. The van der Waals surface area contributed by atoms with Crippen LogP contribution in [0.25, 0.3) is 0 Å². The smallest absolute Gasteiger partial charge is 0.225 e. The maximum Gasteiger partial charge on any atom is 0.225 e. The molecule has 0 radical (unpaired) electrons. The summed E-state index contributed by atoms with van der Waals surface area (Å²) in [5.74, 6) is 1.67. The third-order valence-electron chi connectivity index (χ3n) is 5.67. The number of hydrogen-bond acceptors (Lipinski definition) is 2. The van der Waals surface area contributed by atoms with Gasteiger partial charge in [-0.25, -0.2) is 0 Å². The van der Waals surface area contributed by atoms with E-state index < -0.39 is 0 Å². The summed E-state index contributed by atoms with van der Waals surface area (Å²) in [7, 11) is 0. The van der Waals surface area contributed by atoms with Gasteiger partial charge < -0.3 is 10.6 Å². The predicted molar refractivity (Wildman–Crippen MR) is 89.1 cm³/mol. The maximum atomic E-state index is 13.0.